The molecule has 0 aliphatic carbocycles. The van der Waals surface area contributed by atoms with Gasteiger partial charge in [0.15, 0.2) is 0 Å². The molecular formula is C16H27ClN4O. The Morgan fingerprint density at radius 1 is 1.41 bits per heavy atom. The summed E-state index contributed by atoms with van der Waals surface area (Å²) in [7, 11) is 4.22. The highest BCUT2D eigenvalue weighted by Gasteiger charge is 2.24. The van der Waals surface area contributed by atoms with Gasteiger partial charge in [0.25, 0.3) is 0 Å². The van der Waals surface area contributed by atoms with Gasteiger partial charge in [0, 0.05) is 38.0 Å². The number of hydrogen-bond donors (Lipinski definition) is 0. The molecule has 0 radical (unpaired) electrons. The van der Waals surface area contributed by atoms with Crippen molar-refractivity contribution in [3.8, 4) is 0 Å². The van der Waals surface area contributed by atoms with Gasteiger partial charge >= 0.3 is 0 Å². The summed E-state index contributed by atoms with van der Waals surface area (Å²) in [6.45, 7) is 5.87. The van der Waals surface area contributed by atoms with E-state index in [1.165, 1.54) is 0 Å². The number of likely N-dealkylation sites (tertiary alicyclic amines) is 1. The lowest BCUT2D eigenvalue weighted by atomic mass is 10.0. The molecule has 0 N–H and O–H groups in total. The summed E-state index contributed by atoms with van der Waals surface area (Å²) in [5.74, 6) is 1.13. The first-order chi connectivity index (χ1) is 10.4. The average Bonchev–Trinajstić information content (AvgIpc) is 2.86. The van der Waals surface area contributed by atoms with Crippen molar-refractivity contribution in [2.45, 2.75) is 51.6 Å². The average molecular weight is 327 g/mol. The van der Waals surface area contributed by atoms with Crippen LogP contribution in [0, 0.1) is 0 Å². The van der Waals surface area contributed by atoms with E-state index < -0.39 is 0 Å². The first kappa shape index (κ1) is 17.3. The Bertz CT molecular complexity index is 504. The lowest BCUT2D eigenvalue weighted by molar-refractivity contribution is -0.132. The Morgan fingerprint density at radius 2 is 2.05 bits per heavy atom. The Kier molecular flexibility index (Phi) is 5.87. The topological polar surface area (TPSA) is 41.4 Å². The predicted octanol–water partition coefficient (Wildman–Crippen LogP) is 2.60. The SMILES string of the molecule is CC(C)n1c(Cl)cnc1CCC(=O)N1CCC(N(C)C)CC1. The maximum Gasteiger partial charge on any atom is 0.223 e. The highest BCUT2D eigenvalue weighted by atomic mass is 35.5. The van der Waals surface area contributed by atoms with Crippen molar-refractivity contribution in [2.75, 3.05) is 27.2 Å². The van der Waals surface area contributed by atoms with Gasteiger partial charge in [-0.05, 0) is 40.8 Å². The van der Waals surface area contributed by atoms with Crippen LogP contribution in [0.25, 0.3) is 0 Å². The van der Waals surface area contributed by atoms with Crippen LogP contribution in [0.1, 0.15) is 45.0 Å². The van der Waals surface area contributed by atoms with E-state index in [1.54, 1.807) is 6.20 Å². The van der Waals surface area contributed by atoms with Crippen LogP contribution in [-0.4, -0.2) is 58.5 Å². The number of halogens is 1. The third-order valence-corrected chi connectivity index (χ3v) is 4.73. The molecule has 5 nitrogen and oxygen atoms in total. The number of carbonyl (C=O) groups excluding carboxylic acids is 1. The van der Waals surface area contributed by atoms with E-state index in [1.807, 2.05) is 9.47 Å². The van der Waals surface area contributed by atoms with Gasteiger partial charge in [0.05, 0.1) is 6.20 Å². The van der Waals surface area contributed by atoms with Crippen molar-refractivity contribution in [3.63, 3.8) is 0 Å². The molecule has 0 bridgehead atoms. The molecule has 22 heavy (non-hydrogen) atoms. The Hall–Kier alpha value is -1.07. The summed E-state index contributed by atoms with van der Waals surface area (Å²) < 4.78 is 1.99. The van der Waals surface area contributed by atoms with E-state index in [4.69, 9.17) is 11.6 Å². The molecule has 1 amide bonds. The molecule has 0 unspecified atom stereocenters. The summed E-state index contributed by atoms with van der Waals surface area (Å²) >= 11 is 6.15. The second-order valence-corrected chi connectivity index (χ2v) is 6.92. The van der Waals surface area contributed by atoms with E-state index in [0.29, 0.717) is 24.0 Å². The van der Waals surface area contributed by atoms with Gasteiger partial charge in [-0.25, -0.2) is 4.98 Å². The molecule has 0 saturated carbocycles. The number of nitrogens with zero attached hydrogens (tertiary/aromatic N) is 4. The van der Waals surface area contributed by atoms with Crippen molar-refractivity contribution in [1.82, 2.24) is 19.4 Å². The molecule has 1 aliphatic heterocycles. The fraction of sp³-hybridized carbons (Fsp3) is 0.750. The first-order valence-electron chi connectivity index (χ1n) is 8.06. The van der Waals surface area contributed by atoms with Gasteiger partial charge in [0.1, 0.15) is 11.0 Å². The van der Waals surface area contributed by atoms with Crippen molar-refractivity contribution >= 4 is 17.5 Å². The summed E-state index contributed by atoms with van der Waals surface area (Å²) in [5, 5.41) is 0.643. The normalized spacial score (nSPS) is 16.8. The minimum absolute atomic E-state index is 0.228. The van der Waals surface area contributed by atoms with Crippen LogP contribution in [0.3, 0.4) is 0 Å². The van der Waals surface area contributed by atoms with E-state index >= 15 is 0 Å². The predicted molar refractivity (Wildman–Crippen MR) is 89.2 cm³/mol. The number of rotatable bonds is 5. The second-order valence-electron chi connectivity index (χ2n) is 6.54. The van der Waals surface area contributed by atoms with Gasteiger partial charge in [-0.2, -0.15) is 0 Å². The van der Waals surface area contributed by atoms with Crippen molar-refractivity contribution in [3.05, 3.63) is 17.2 Å². The van der Waals surface area contributed by atoms with Gasteiger partial charge in [0.2, 0.25) is 5.91 Å². The summed E-state index contributed by atoms with van der Waals surface area (Å²) in [5.41, 5.74) is 0. The minimum Gasteiger partial charge on any atom is -0.343 e. The highest BCUT2D eigenvalue weighted by Crippen LogP contribution is 2.20. The Labute approximate surface area is 138 Å². The molecule has 1 saturated heterocycles. The fourth-order valence-corrected chi connectivity index (χ4v) is 3.46. The largest absolute Gasteiger partial charge is 0.343 e. The minimum atomic E-state index is 0.228. The Morgan fingerprint density at radius 3 is 2.59 bits per heavy atom. The van der Waals surface area contributed by atoms with Crippen molar-refractivity contribution in [1.29, 1.82) is 0 Å². The lowest BCUT2D eigenvalue weighted by Gasteiger charge is -2.35. The standard InChI is InChI=1S/C16H27ClN4O/c1-12(2)21-14(17)11-18-15(21)5-6-16(22)20-9-7-13(8-10-20)19(3)4/h11-13H,5-10H2,1-4H3. The lowest BCUT2D eigenvalue weighted by Crippen LogP contribution is -2.44. The van der Waals surface area contributed by atoms with Crippen LogP contribution >= 0.6 is 11.6 Å². The number of carbonyl (C=O) groups is 1. The molecule has 1 fully saturated rings. The third kappa shape index (κ3) is 4.02. The molecule has 1 aromatic heterocycles. The maximum absolute atomic E-state index is 12.4. The zero-order valence-electron chi connectivity index (χ0n) is 14.0. The third-order valence-electron chi connectivity index (χ3n) is 4.45. The molecular weight excluding hydrogens is 300 g/mol. The van der Waals surface area contributed by atoms with E-state index in [-0.39, 0.29) is 11.9 Å². The van der Waals surface area contributed by atoms with Crippen molar-refractivity contribution in [2.24, 2.45) is 0 Å². The van der Waals surface area contributed by atoms with Gasteiger partial charge in [-0.1, -0.05) is 11.6 Å². The van der Waals surface area contributed by atoms with Crippen LogP contribution in [0.2, 0.25) is 5.15 Å². The molecule has 1 aromatic rings. The summed E-state index contributed by atoms with van der Waals surface area (Å²) in [6, 6.07) is 0.860. The second kappa shape index (κ2) is 7.47. The molecule has 0 spiro atoms. The molecule has 0 aromatic carbocycles. The maximum atomic E-state index is 12.4. The van der Waals surface area contributed by atoms with E-state index in [2.05, 4.69) is 37.8 Å². The number of aryl methyl sites for hydroxylation is 1. The number of hydrogen-bond acceptors (Lipinski definition) is 3. The van der Waals surface area contributed by atoms with E-state index in [0.717, 1.165) is 31.8 Å². The zero-order valence-corrected chi connectivity index (χ0v) is 14.8. The van der Waals surface area contributed by atoms with Crippen LogP contribution < -0.4 is 0 Å². The van der Waals surface area contributed by atoms with Crippen LogP contribution in [0.5, 0.6) is 0 Å². The number of amides is 1. The van der Waals surface area contributed by atoms with Crippen molar-refractivity contribution < 1.29 is 4.79 Å². The smallest absolute Gasteiger partial charge is 0.223 e. The molecule has 2 rings (SSSR count). The number of imidazole rings is 1. The molecule has 6 heteroatoms. The summed E-state index contributed by atoms with van der Waals surface area (Å²) in [6.07, 6.45) is 4.95. The van der Waals surface area contributed by atoms with Gasteiger partial charge < -0.3 is 14.4 Å². The van der Waals surface area contributed by atoms with Crippen LogP contribution in [-0.2, 0) is 11.2 Å². The Balaban J connectivity index is 1.86. The summed E-state index contributed by atoms with van der Waals surface area (Å²) in [4.78, 5) is 21.0. The van der Waals surface area contributed by atoms with Gasteiger partial charge in [-0.3, -0.25) is 4.79 Å². The quantitative estimate of drug-likeness (QED) is 0.835. The van der Waals surface area contributed by atoms with Gasteiger partial charge in [-0.15, -0.1) is 0 Å². The molecule has 2 heterocycles. The van der Waals surface area contributed by atoms with Crippen LogP contribution in [0.15, 0.2) is 6.20 Å². The first-order valence-corrected chi connectivity index (χ1v) is 8.43. The van der Waals surface area contributed by atoms with Crippen LogP contribution in [0.4, 0.5) is 0 Å². The number of piperidine rings is 1. The molecule has 1 aliphatic rings. The van der Waals surface area contributed by atoms with E-state index in [9.17, 15) is 4.79 Å². The molecule has 0 atom stereocenters. The number of aromatic nitrogens is 2. The fourth-order valence-electron chi connectivity index (χ4n) is 3.11. The zero-order chi connectivity index (χ0) is 16.3. The highest BCUT2D eigenvalue weighted by molar-refractivity contribution is 6.29. The molecule has 124 valence electrons. The monoisotopic (exact) mass is 326 g/mol.